The van der Waals surface area contributed by atoms with Gasteiger partial charge in [0.15, 0.2) is 11.5 Å². The molecule has 0 radical (unpaired) electrons. The van der Waals surface area contributed by atoms with Crippen LogP contribution >= 0.6 is 0 Å². The lowest BCUT2D eigenvalue weighted by Gasteiger charge is -2.07. The summed E-state index contributed by atoms with van der Waals surface area (Å²) in [5.74, 6) is 2.47. The topological polar surface area (TPSA) is 68.5 Å². The largest absolute Gasteiger partial charge is 0.371 e. The third-order valence-corrected chi connectivity index (χ3v) is 4.22. The molecule has 0 bridgehead atoms. The second kappa shape index (κ2) is 5.61. The minimum absolute atomic E-state index is 0.668. The number of nitrogens with zero attached hydrogens (tertiary/aromatic N) is 5. The van der Waals surface area contributed by atoms with Gasteiger partial charge in [-0.05, 0) is 43.4 Å². The van der Waals surface area contributed by atoms with Crippen molar-refractivity contribution < 1.29 is 0 Å². The summed E-state index contributed by atoms with van der Waals surface area (Å²) in [6.45, 7) is 2.74. The van der Waals surface area contributed by atoms with Crippen LogP contribution in [-0.2, 0) is 13.0 Å². The number of imidazole rings is 1. The van der Waals surface area contributed by atoms with Crippen LogP contribution in [0.25, 0.3) is 11.2 Å². The van der Waals surface area contributed by atoms with Gasteiger partial charge in [-0.15, -0.1) is 0 Å². The SMILES string of the molecule is CNc1nc(CC2CC2)nc2c1ncn2Cc1cc(C)ccn1. The van der Waals surface area contributed by atoms with Crippen molar-refractivity contribution in [1.29, 1.82) is 0 Å². The molecule has 0 aliphatic heterocycles. The first-order valence-electron chi connectivity index (χ1n) is 8.04. The van der Waals surface area contributed by atoms with Crippen LogP contribution in [0, 0.1) is 12.8 Å². The highest BCUT2D eigenvalue weighted by atomic mass is 15.2. The molecule has 0 saturated heterocycles. The van der Waals surface area contributed by atoms with Crippen molar-refractivity contribution >= 4 is 17.0 Å². The molecule has 0 unspecified atom stereocenters. The van der Waals surface area contributed by atoms with Gasteiger partial charge >= 0.3 is 0 Å². The Hall–Kier alpha value is -2.50. The Morgan fingerprint density at radius 3 is 2.87 bits per heavy atom. The molecule has 1 aliphatic rings. The van der Waals surface area contributed by atoms with E-state index in [9.17, 15) is 0 Å². The standard InChI is InChI=1S/C17H20N6/c1-11-5-6-19-13(7-11)9-23-10-20-15-16(18-2)21-14(22-17(15)23)8-12-3-4-12/h5-7,10,12H,3-4,8-9H2,1-2H3,(H,18,21,22). The normalized spacial score (nSPS) is 14.3. The number of pyridine rings is 1. The molecule has 23 heavy (non-hydrogen) atoms. The zero-order valence-electron chi connectivity index (χ0n) is 13.5. The smallest absolute Gasteiger partial charge is 0.166 e. The summed E-state index contributed by atoms with van der Waals surface area (Å²) in [4.78, 5) is 18.3. The molecule has 1 aliphatic carbocycles. The van der Waals surface area contributed by atoms with Gasteiger partial charge in [-0.1, -0.05) is 0 Å². The number of hydrogen-bond donors (Lipinski definition) is 1. The minimum atomic E-state index is 0.668. The number of anilines is 1. The highest BCUT2D eigenvalue weighted by Crippen LogP contribution is 2.32. The second-order valence-electron chi connectivity index (χ2n) is 6.26. The zero-order valence-corrected chi connectivity index (χ0v) is 13.5. The lowest BCUT2D eigenvalue weighted by molar-refractivity contribution is 0.755. The molecule has 3 aromatic heterocycles. The van der Waals surface area contributed by atoms with Gasteiger partial charge in [0.25, 0.3) is 0 Å². The van der Waals surface area contributed by atoms with Crippen LogP contribution in [0.15, 0.2) is 24.7 Å². The fraction of sp³-hybridized carbons (Fsp3) is 0.412. The van der Waals surface area contributed by atoms with E-state index in [4.69, 9.17) is 4.98 Å². The molecule has 0 atom stereocenters. The number of aryl methyl sites for hydroxylation is 1. The van der Waals surface area contributed by atoms with Crippen LogP contribution in [-0.4, -0.2) is 31.6 Å². The highest BCUT2D eigenvalue weighted by Gasteiger charge is 2.24. The van der Waals surface area contributed by atoms with E-state index in [0.717, 1.165) is 40.8 Å². The molecule has 1 saturated carbocycles. The van der Waals surface area contributed by atoms with E-state index in [1.54, 1.807) is 0 Å². The van der Waals surface area contributed by atoms with Crippen LogP contribution in [0.1, 0.15) is 29.9 Å². The molecule has 4 rings (SSSR count). The van der Waals surface area contributed by atoms with Crippen molar-refractivity contribution in [1.82, 2.24) is 24.5 Å². The Balaban J connectivity index is 1.74. The van der Waals surface area contributed by atoms with Crippen LogP contribution < -0.4 is 5.32 Å². The van der Waals surface area contributed by atoms with Crippen LogP contribution in [0.3, 0.4) is 0 Å². The van der Waals surface area contributed by atoms with Crippen LogP contribution in [0.4, 0.5) is 5.82 Å². The maximum atomic E-state index is 4.76. The lowest BCUT2D eigenvalue weighted by Crippen LogP contribution is -2.06. The number of nitrogens with one attached hydrogen (secondary N) is 1. The molecule has 3 aromatic rings. The first-order valence-corrected chi connectivity index (χ1v) is 8.04. The summed E-state index contributed by atoms with van der Waals surface area (Å²) in [6.07, 6.45) is 7.21. The average molecular weight is 308 g/mol. The average Bonchev–Trinajstić information content (AvgIpc) is 3.27. The predicted molar refractivity (Wildman–Crippen MR) is 89.4 cm³/mol. The minimum Gasteiger partial charge on any atom is -0.371 e. The monoisotopic (exact) mass is 308 g/mol. The maximum absolute atomic E-state index is 4.76. The van der Waals surface area contributed by atoms with Crippen molar-refractivity contribution in [2.75, 3.05) is 12.4 Å². The fourth-order valence-corrected chi connectivity index (χ4v) is 2.81. The second-order valence-corrected chi connectivity index (χ2v) is 6.26. The maximum Gasteiger partial charge on any atom is 0.166 e. The van der Waals surface area contributed by atoms with Gasteiger partial charge in [-0.3, -0.25) is 4.98 Å². The number of fused-ring (bicyclic) bond motifs is 1. The summed E-state index contributed by atoms with van der Waals surface area (Å²) >= 11 is 0. The lowest BCUT2D eigenvalue weighted by atomic mass is 10.2. The molecule has 3 heterocycles. The summed E-state index contributed by atoms with van der Waals surface area (Å²) in [7, 11) is 1.88. The van der Waals surface area contributed by atoms with E-state index in [2.05, 4.69) is 37.8 Å². The zero-order chi connectivity index (χ0) is 15.8. The summed E-state index contributed by atoms with van der Waals surface area (Å²) in [5, 5.41) is 3.15. The quantitative estimate of drug-likeness (QED) is 0.784. The first kappa shape index (κ1) is 14.1. The molecular weight excluding hydrogens is 288 g/mol. The summed E-state index contributed by atoms with van der Waals surface area (Å²) in [5.41, 5.74) is 3.92. The van der Waals surface area contributed by atoms with E-state index < -0.39 is 0 Å². The molecule has 6 nitrogen and oxygen atoms in total. The van der Waals surface area contributed by atoms with E-state index in [1.165, 1.54) is 18.4 Å². The Morgan fingerprint density at radius 2 is 2.13 bits per heavy atom. The van der Waals surface area contributed by atoms with Gasteiger partial charge in [0.1, 0.15) is 11.3 Å². The Labute approximate surface area is 135 Å². The molecular formula is C17H20N6. The van der Waals surface area contributed by atoms with Gasteiger partial charge in [0, 0.05) is 19.7 Å². The van der Waals surface area contributed by atoms with E-state index in [-0.39, 0.29) is 0 Å². The Morgan fingerprint density at radius 1 is 1.26 bits per heavy atom. The van der Waals surface area contributed by atoms with Crippen molar-refractivity contribution in [2.24, 2.45) is 5.92 Å². The van der Waals surface area contributed by atoms with Gasteiger partial charge in [0.05, 0.1) is 18.6 Å². The van der Waals surface area contributed by atoms with Gasteiger partial charge in [-0.2, -0.15) is 0 Å². The molecule has 0 spiro atoms. The summed E-state index contributed by atoms with van der Waals surface area (Å²) < 4.78 is 2.05. The fourth-order valence-electron chi connectivity index (χ4n) is 2.81. The number of rotatable bonds is 5. The van der Waals surface area contributed by atoms with Crippen molar-refractivity contribution in [3.8, 4) is 0 Å². The van der Waals surface area contributed by atoms with Gasteiger partial charge in [0.2, 0.25) is 0 Å². The van der Waals surface area contributed by atoms with Crippen molar-refractivity contribution in [3.05, 3.63) is 41.7 Å². The highest BCUT2D eigenvalue weighted by molar-refractivity contribution is 5.82. The van der Waals surface area contributed by atoms with Crippen LogP contribution in [0.5, 0.6) is 0 Å². The third-order valence-electron chi connectivity index (χ3n) is 4.22. The first-order chi connectivity index (χ1) is 11.2. The number of hydrogen-bond acceptors (Lipinski definition) is 5. The molecule has 0 amide bonds. The van der Waals surface area contributed by atoms with E-state index >= 15 is 0 Å². The Bertz CT molecular complexity index is 849. The molecule has 1 N–H and O–H groups in total. The number of aromatic nitrogens is 5. The molecule has 0 aromatic carbocycles. The summed E-state index contributed by atoms with van der Waals surface area (Å²) in [6, 6.07) is 4.10. The Kier molecular flexibility index (Phi) is 3.44. The van der Waals surface area contributed by atoms with E-state index in [1.807, 2.05) is 25.6 Å². The predicted octanol–water partition coefficient (Wildman–Crippen LogP) is 2.57. The van der Waals surface area contributed by atoms with Crippen molar-refractivity contribution in [2.45, 2.75) is 32.7 Å². The van der Waals surface area contributed by atoms with Gasteiger partial charge in [-0.25, -0.2) is 15.0 Å². The molecule has 1 fully saturated rings. The van der Waals surface area contributed by atoms with E-state index in [0.29, 0.717) is 6.54 Å². The third kappa shape index (κ3) is 2.88. The molecule has 118 valence electrons. The van der Waals surface area contributed by atoms with Crippen LogP contribution in [0.2, 0.25) is 0 Å². The molecule has 6 heteroatoms. The van der Waals surface area contributed by atoms with Crippen molar-refractivity contribution in [3.63, 3.8) is 0 Å². The van der Waals surface area contributed by atoms with Gasteiger partial charge < -0.3 is 9.88 Å².